The van der Waals surface area contributed by atoms with Crippen molar-refractivity contribution in [2.45, 2.75) is 38.1 Å². The predicted molar refractivity (Wildman–Crippen MR) is 133 cm³/mol. The molecule has 0 aromatic heterocycles. The van der Waals surface area contributed by atoms with Gasteiger partial charge in [-0.15, -0.1) is 0 Å². The van der Waals surface area contributed by atoms with Crippen LogP contribution in [0.4, 0.5) is 19.3 Å². The third-order valence-electron chi connectivity index (χ3n) is 5.31. The van der Waals surface area contributed by atoms with Crippen LogP contribution in [-0.4, -0.2) is 54.0 Å². The molecule has 1 heterocycles. The summed E-state index contributed by atoms with van der Waals surface area (Å²) in [7, 11) is 1.64. The fraction of sp³-hybridized carbons (Fsp3) is 0.308. The number of carbonyl (C=O) groups excluding carboxylic acids is 1. The van der Waals surface area contributed by atoms with Crippen molar-refractivity contribution in [1.29, 1.82) is 0 Å². The Morgan fingerprint density at radius 1 is 1.33 bits per heavy atom. The molecule has 0 saturated carbocycles. The van der Waals surface area contributed by atoms with E-state index in [0.29, 0.717) is 22.6 Å². The smallest absolute Gasteiger partial charge is 0.341 e. The number of benzene rings is 2. The van der Waals surface area contributed by atoms with E-state index in [2.05, 4.69) is 22.2 Å². The van der Waals surface area contributed by atoms with Gasteiger partial charge < -0.3 is 30.9 Å². The van der Waals surface area contributed by atoms with E-state index < -0.39 is 35.5 Å². The summed E-state index contributed by atoms with van der Waals surface area (Å²) in [5.74, 6) is 4.67. The van der Waals surface area contributed by atoms with Gasteiger partial charge in [-0.1, -0.05) is 17.9 Å². The first-order chi connectivity index (χ1) is 17.0. The standard InChI is InChI=1S/C26H28F2N4O4/c1-26(2,35)9-8-16-4-7-23-22(11-16)32(3)24(33)21(15-36-23)31-25(34)30-14-17(13-29)10-18-5-6-19(27)12-20(18)28/h4-7,11-14,21,24,33,35H,10,15,29H2,1-3H3,(H,31,34)/b17-13-,30-14+. The summed E-state index contributed by atoms with van der Waals surface area (Å²) in [4.78, 5) is 17.8. The molecule has 2 aromatic rings. The molecule has 0 spiro atoms. The summed E-state index contributed by atoms with van der Waals surface area (Å²) in [6.07, 6.45) is 1.20. The zero-order chi connectivity index (χ0) is 26.5. The summed E-state index contributed by atoms with van der Waals surface area (Å²) in [6.45, 7) is 3.12. The molecule has 2 amide bonds. The highest BCUT2D eigenvalue weighted by molar-refractivity contribution is 5.91. The molecule has 1 aliphatic rings. The second kappa shape index (κ2) is 11.2. The molecule has 2 unspecified atom stereocenters. The van der Waals surface area contributed by atoms with Crippen LogP contribution in [0, 0.1) is 23.5 Å². The van der Waals surface area contributed by atoms with Gasteiger partial charge in [0.2, 0.25) is 0 Å². The Kier molecular flexibility index (Phi) is 8.29. The average molecular weight is 499 g/mol. The van der Waals surface area contributed by atoms with E-state index in [9.17, 15) is 23.8 Å². The number of fused-ring (bicyclic) bond motifs is 1. The molecule has 0 radical (unpaired) electrons. The van der Waals surface area contributed by atoms with Gasteiger partial charge in [0.1, 0.15) is 35.6 Å². The Bertz CT molecular complexity index is 1240. The van der Waals surface area contributed by atoms with Gasteiger partial charge >= 0.3 is 6.03 Å². The van der Waals surface area contributed by atoms with Gasteiger partial charge in [0.25, 0.3) is 0 Å². The van der Waals surface area contributed by atoms with Crippen molar-refractivity contribution in [3.05, 3.63) is 70.9 Å². The molecule has 0 fully saturated rings. The highest BCUT2D eigenvalue weighted by atomic mass is 19.1. The maximum Gasteiger partial charge on any atom is 0.341 e. The number of aliphatic hydroxyl groups is 2. The number of hydrogen-bond acceptors (Lipinski definition) is 6. The largest absolute Gasteiger partial charge is 0.489 e. The van der Waals surface area contributed by atoms with Gasteiger partial charge in [0.15, 0.2) is 6.23 Å². The fourth-order valence-electron chi connectivity index (χ4n) is 3.38. The average Bonchev–Trinajstić information content (AvgIpc) is 2.93. The first-order valence-electron chi connectivity index (χ1n) is 11.1. The fourth-order valence-corrected chi connectivity index (χ4v) is 3.38. The SMILES string of the molecule is CN1c2cc(C#CC(C)(C)O)ccc2OCC(NC(=O)/N=C/C(=C\N)Cc2ccc(F)cc2F)C1O. The van der Waals surface area contributed by atoms with Crippen LogP contribution >= 0.6 is 0 Å². The first kappa shape index (κ1) is 26.7. The minimum Gasteiger partial charge on any atom is -0.489 e. The van der Waals surface area contributed by atoms with Crippen LogP contribution in [-0.2, 0) is 6.42 Å². The van der Waals surface area contributed by atoms with E-state index in [-0.39, 0.29) is 18.6 Å². The van der Waals surface area contributed by atoms with Crippen molar-refractivity contribution < 1.29 is 28.5 Å². The number of likely N-dealkylation sites (N-methyl/N-ethyl adjacent to an activating group) is 1. The Hall–Kier alpha value is -3.94. The second-order valence-corrected chi connectivity index (χ2v) is 8.80. The molecule has 2 aromatic carbocycles. The molecule has 3 rings (SSSR count). The predicted octanol–water partition coefficient (Wildman–Crippen LogP) is 2.47. The van der Waals surface area contributed by atoms with Crippen LogP contribution in [0.2, 0.25) is 0 Å². The van der Waals surface area contributed by atoms with Crippen LogP contribution in [0.25, 0.3) is 0 Å². The number of amides is 2. The molecule has 0 saturated heterocycles. The topological polar surface area (TPSA) is 120 Å². The summed E-state index contributed by atoms with van der Waals surface area (Å²) < 4.78 is 32.8. The zero-order valence-electron chi connectivity index (χ0n) is 20.1. The Balaban J connectivity index is 1.67. The number of aliphatic hydroxyl groups excluding tert-OH is 1. The van der Waals surface area contributed by atoms with E-state index in [1.54, 1.807) is 39.1 Å². The van der Waals surface area contributed by atoms with Crippen molar-refractivity contribution in [2.75, 3.05) is 18.6 Å². The molecular formula is C26H28F2N4O4. The van der Waals surface area contributed by atoms with Gasteiger partial charge in [0, 0.05) is 31.3 Å². The number of hydrogen-bond donors (Lipinski definition) is 4. The van der Waals surface area contributed by atoms with Crippen molar-refractivity contribution in [3.8, 4) is 17.6 Å². The number of urea groups is 1. The third-order valence-corrected chi connectivity index (χ3v) is 5.31. The number of nitrogens with one attached hydrogen (secondary N) is 1. The molecule has 0 aliphatic carbocycles. The number of ether oxygens (including phenoxy) is 1. The van der Waals surface area contributed by atoms with Gasteiger partial charge in [0.05, 0.1) is 5.69 Å². The Labute approximate surface area is 208 Å². The van der Waals surface area contributed by atoms with Crippen molar-refractivity contribution in [1.82, 2.24) is 5.32 Å². The molecule has 36 heavy (non-hydrogen) atoms. The summed E-state index contributed by atoms with van der Waals surface area (Å²) in [6, 6.07) is 6.71. The number of anilines is 1. The minimum atomic E-state index is -1.16. The van der Waals surface area contributed by atoms with Crippen molar-refractivity contribution in [3.63, 3.8) is 0 Å². The lowest BCUT2D eigenvalue weighted by atomic mass is 10.1. The molecule has 1 aliphatic heterocycles. The lowest BCUT2D eigenvalue weighted by Gasteiger charge is -2.28. The van der Waals surface area contributed by atoms with Gasteiger partial charge in [-0.2, -0.15) is 0 Å². The van der Waals surface area contributed by atoms with E-state index in [4.69, 9.17) is 10.5 Å². The second-order valence-electron chi connectivity index (χ2n) is 8.80. The van der Waals surface area contributed by atoms with E-state index >= 15 is 0 Å². The summed E-state index contributed by atoms with van der Waals surface area (Å²) in [5.41, 5.74) is 6.11. The van der Waals surface area contributed by atoms with Crippen LogP contribution in [0.5, 0.6) is 5.75 Å². The molecule has 190 valence electrons. The van der Waals surface area contributed by atoms with Crippen molar-refractivity contribution in [2.24, 2.45) is 10.7 Å². The maximum absolute atomic E-state index is 13.9. The number of carbonyl (C=O) groups is 1. The Morgan fingerprint density at radius 2 is 2.08 bits per heavy atom. The quantitative estimate of drug-likeness (QED) is 0.380. The number of nitrogens with two attached hydrogens (primary N) is 1. The number of halogens is 2. The number of aliphatic imine (C=N–C) groups is 1. The number of nitrogens with zero attached hydrogens (tertiary/aromatic N) is 2. The third kappa shape index (κ3) is 7.04. The molecular weight excluding hydrogens is 470 g/mol. The molecule has 5 N–H and O–H groups in total. The molecule has 8 nitrogen and oxygen atoms in total. The molecule has 0 bridgehead atoms. The monoisotopic (exact) mass is 498 g/mol. The van der Waals surface area contributed by atoms with Gasteiger partial charge in [-0.3, -0.25) is 0 Å². The van der Waals surface area contributed by atoms with Gasteiger partial charge in [-0.05, 0) is 55.4 Å². The molecule has 2 atom stereocenters. The summed E-state index contributed by atoms with van der Waals surface area (Å²) in [5, 5.41) is 23.2. The van der Waals surface area contributed by atoms with E-state index in [1.807, 2.05) is 0 Å². The summed E-state index contributed by atoms with van der Waals surface area (Å²) >= 11 is 0. The molecule has 10 heteroatoms. The van der Waals surface area contributed by atoms with Crippen LogP contribution in [0.1, 0.15) is 25.0 Å². The lowest BCUT2D eigenvalue weighted by molar-refractivity contribution is 0.110. The van der Waals surface area contributed by atoms with Crippen LogP contribution < -0.4 is 20.7 Å². The first-order valence-corrected chi connectivity index (χ1v) is 11.1. The van der Waals surface area contributed by atoms with Gasteiger partial charge in [-0.25, -0.2) is 18.6 Å². The number of rotatable bonds is 4. The van der Waals surface area contributed by atoms with Crippen molar-refractivity contribution >= 4 is 17.9 Å². The van der Waals surface area contributed by atoms with E-state index in [0.717, 1.165) is 12.1 Å². The maximum atomic E-state index is 13.9. The zero-order valence-corrected chi connectivity index (χ0v) is 20.1. The van der Waals surface area contributed by atoms with Crippen LogP contribution in [0.15, 0.2) is 53.2 Å². The van der Waals surface area contributed by atoms with Crippen LogP contribution in [0.3, 0.4) is 0 Å². The minimum absolute atomic E-state index is 0.00525. The normalized spacial score (nSPS) is 18.1. The Morgan fingerprint density at radius 3 is 2.75 bits per heavy atom. The van der Waals surface area contributed by atoms with E-state index in [1.165, 1.54) is 23.4 Å². The highest BCUT2D eigenvalue weighted by Crippen LogP contribution is 2.32. The number of allylic oxidation sites excluding steroid dienone is 1. The lowest BCUT2D eigenvalue weighted by Crippen LogP contribution is -2.51. The highest BCUT2D eigenvalue weighted by Gasteiger charge is 2.31.